The number of hydrogen-bond donors (Lipinski definition) is 1. The third-order valence-electron chi connectivity index (χ3n) is 4.77. The lowest BCUT2D eigenvalue weighted by Gasteiger charge is -2.24. The predicted octanol–water partition coefficient (Wildman–Crippen LogP) is 4.05. The average molecular weight is 449 g/mol. The van der Waals surface area contributed by atoms with Crippen molar-refractivity contribution in [2.24, 2.45) is 0 Å². The molecular weight excluding hydrogens is 434 g/mol. The van der Waals surface area contributed by atoms with Crippen LogP contribution in [0.25, 0.3) is 11.0 Å². The molecule has 2 heterocycles. The molecule has 1 N–H and O–H groups in total. The van der Waals surface area contributed by atoms with Gasteiger partial charge in [-0.3, -0.25) is 9.59 Å². The highest BCUT2D eigenvalue weighted by Gasteiger charge is 2.42. The second kappa shape index (κ2) is 6.78. The Morgan fingerprint density at radius 1 is 1.22 bits per heavy atom. The number of carbonyl (C=O) groups excluding carboxylic acids is 1. The Bertz CT molecular complexity index is 1120. The van der Waals surface area contributed by atoms with Crippen LogP contribution in [0.2, 0.25) is 5.02 Å². The number of rotatable bonds is 3. The summed E-state index contributed by atoms with van der Waals surface area (Å²) in [6.45, 7) is 1.68. The molecule has 1 aromatic heterocycles. The SMILES string of the molecule is Cc1cc2oc3c(c(=O)c2cc1Cl)C(c1ccc(Br)cc1)N(CCO)C3=O. The molecule has 1 unspecified atom stereocenters. The normalized spacial score (nSPS) is 16.2. The fourth-order valence-electron chi connectivity index (χ4n) is 3.47. The fourth-order valence-corrected chi connectivity index (χ4v) is 3.90. The molecule has 0 spiro atoms. The van der Waals surface area contributed by atoms with Gasteiger partial charge in [-0.05, 0) is 42.3 Å². The Balaban J connectivity index is 2.02. The van der Waals surface area contributed by atoms with Crippen LogP contribution in [0.15, 0.2) is 50.1 Å². The number of benzene rings is 2. The van der Waals surface area contributed by atoms with Gasteiger partial charge in [0, 0.05) is 16.0 Å². The summed E-state index contributed by atoms with van der Waals surface area (Å²) < 4.78 is 6.73. The molecule has 0 aliphatic carbocycles. The van der Waals surface area contributed by atoms with Crippen molar-refractivity contribution in [1.82, 2.24) is 4.90 Å². The molecule has 7 heteroatoms. The van der Waals surface area contributed by atoms with Gasteiger partial charge in [-0.1, -0.05) is 39.7 Å². The van der Waals surface area contributed by atoms with Crippen molar-refractivity contribution < 1.29 is 14.3 Å². The van der Waals surface area contributed by atoms with E-state index < -0.39 is 11.9 Å². The van der Waals surface area contributed by atoms with Gasteiger partial charge in [0.1, 0.15) is 5.58 Å². The second-order valence-corrected chi connectivity index (χ2v) is 7.77. The van der Waals surface area contributed by atoms with E-state index in [1.54, 1.807) is 19.1 Å². The third-order valence-corrected chi connectivity index (χ3v) is 5.71. The lowest BCUT2D eigenvalue weighted by Crippen LogP contribution is -2.32. The highest BCUT2D eigenvalue weighted by atomic mass is 79.9. The van der Waals surface area contributed by atoms with Crippen molar-refractivity contribution in [2.75, 3.05) is 13.2 Å². The zero-order valence-corrected chi connectivity index (χ0v) is 16.7. The van der Waals surface area contributed by atoms with Crippen molar-refractivity contribution in [3.8, 4) is 0 Å². The van der Waals surface area contributed by atoms with Crippen LogP contribution in [-0.4, -0.2) is 29.1 Å². The van der Waals surface area contributed by atoms with Gasteiger partial charge in [0.25, 0.3) is 5.91 Å². The minimum atomic E-state index is -0.617. The van der Waals surface area contributed by atoms with Crippen molar-refractivity contribution >= 4 is 44.4 Å². The van der Waals surface area contributed by atoms with Crippen LogP contribution in [-0.2, 0) is 0 Å². The molecule has 5 nitrogen and oxygen atoms in total. The smallest absolute Gasteiger partial charge is 0.290 e. The van der Waals surface area contributed by atoms with E-state index in [0.29, 0.717) is 16.0 Å². The number of fused-ring (bicyclic) bond motifs is 2. The predicted molar refractivity (Wildman–Crippen MR) is 106 cm³/mol. The van der Waals surface area contributed by atoms with Crippen LogP contribution >= 0.6 is 27.5 Å². The van der Waals surface area contributed by atoms with Crippen molar-refractivity contribution in [3.63, 3.8) is 0 Å². The first-order chi connectivity index (χ1) is 12.9. The molecule has 0 bridgehead atoms. The van der Waals surface area contributed by atoms with Gasteiger partial charge in [-0.15, -0.1) is 0 Å². The Labute approximate surface area is 168 Å². The molecule has 0 saturated heterocycles. The number of aryl methyl sites for hydroxylation is 1. The van der Waals surface area contributed by atoms with Crippen LogP contribution in [0.4, 0.5) is 0 Å². The first-order valence-corrected chi connectivity index (χ1v) is 9.53. The molecule has 0 saturated carbocycles. The number of aliphatic hydroxyl groups excluding tert-OH is 1. The molecule has 2 aromatic carbocycles. The van der Waals surface area contributed by atoms with Gasteiger partial charge in [-0.2, -0.15) is 0 Å². The molecule has 3 aromatic rings. The number of carbonyl (C=O) groups is 1. The highest BCUT2D eigenvalue weighted by Crippen LogP contribution is 2.38. The summed E-state index contributed by atoms with van der Waals surface area (Å²) in [5.41, 5.74) is 1.85. The first-order valence-electron chi connectivity index (χ1n) is 8.36. The van der Waals surface area contributed by atoms with Crippen molar-refractivity contribution in [2.45, 2.75) is 13.0 Å². The number of β-amino-alcohol motifs (C(OH)–C–C–N with tert-alkyl or cyclic N) is 1. The van der Waals surface area contributed by atoms with E-state index in [0.717, 1.165) is 15.6 Å². The third kappa shape index (κ3) is 2.88. The summed E-state index contributed by atoms with van der Waals surface area (Å²) in [4.78, 5) is 27.7. The fraction of sp³-hybridized carbons (Fsp3) is 0.200. The topological polar surface area (TPSA) is 70.8 Å². The van der Waals surface area contributed by atoms with Crippen LogP contribution in [0, 0.1) is 6.92 Å². The van der Waals surface area contributed by atoms with Gasteiger partial charge in [0.05, 0.1) is 23.6 Å². The summed E-state index contributed by atoms with van der Waals surface area (Å²) in [5, 5.41) is 10.2. The molecule has 1 aliphatic rings. The van der Waals surface area contributed by atoms with E-state index in [2.05, 4.69) is 15.9 Å². The maximum absolute atomic E-state index is 13.3. The van der Waals surface area contributed by atoms with Gasteiger partial charge >= 0.3 is 0 Å². The molecule has 27 heavy (non-hydrogen) atoms. The Morgan fingerprint density at radius 2 is 1.93 bits per heavy atom. The lowest BCUT2D eigenvalue weighted by atomic mass is 9.98. The van der Waals surface area contributed by atoms with E-state index in [4.69, 9.17) is 16.0 Å². The first kappa shape index (κ1) is 18.2. The van der Waals surface area contributed by atoms with Gasteiger partial charge < -0.3 is 14.4 Å². The zero-order chi connectivity index (χ0) is 19.3. The van der Waals surface area contributed by atoms with E-state index in [-0.39, 0.29) is 29.9 Å². The lowest BCUT2D eigenvalue weighted by molar-refractivity contribution is 0.0691. The second-order valence-electron chi connectivity index (χ2n) is 6.45. The zero-order valence-electron chi connectivity index (χ0n) is 14.3. The van der Waals surface area contributed by atoms with E-state index >= 15 is 0 Å². The van der Waals surface area contributed by atoms with E-state index in [9.17, 15) is 14.7 Å². The van der Waals surface area contributed by atoms with Crippen LogP contribution < -0.4 is 5.43 Å². The van der Waals surface area contributed by atoms with Crippen molar-refractivity contribution in [1.29, 1.82) is 0 Å². The molecule has 0 fully saturated rings. The molecule has 0 radical (unpaired) electrons. The highest BCUT2D eigenvalue weighted by molar-refractivity contribution is 9.10. The molecule has 138 valence electrons. The Kier molecular flexibility index (Phi) is 4.58. The van der Waals surface area contributed by atoms with Crippen LogP contribution in [0.1, 0.15) is 33.3 Å². The largest absolute Gasteiger partial charge is 0.450 e. The molecule has 1 atom stereocenters. The molecule has 1 amide bonds. The number of hydrogen-bond acceptors (Lipinski definition) is 4. The molecule has 4 rings (SSSR count). The maximum atomic E-state index is 13.3. The summed E-state index contributed by atoms with van der Waals surface area (Å²) in [6, 6.07) is 10.00. The number of halogens is 2. The van der Waals surface area contributed by atoms with E-state index in [1.807, 2.05) is 24.3 Å². The minimum absolute atomic E-state index is 0.0237. The van der Waals surface area contributed by atoms with Crippen molar-refractivity contribution in [3.05, 3.63) is 78.6 Å². The summed E-state index contributed by atoms with van der Waals surface area (Å²) >= 11 is 9.58. The number of nitrogens with zero attached hydrogens (tertiary/aromatic N) is 1. The maximum Gasteiger partial charge on any atom is 0.290 e. The molecular formula is C20H15BrClNO4. The van der Waals surface area contributed by atoms with Gasteiger partial charge in [0.2, 0.25) is 5.76 Å². The summed E-state index contributed by atoms with van der Waals surface area (Å²) in [5.74, 6) is -0.380. The van der Waals surface area contributed by atoms with Crippen LogP contribution in [0.5, 0.6) is 0 Å². The van der Waals surface area contributed by atoms with Gasteiger partial charge in [-0.25, -0.2) is 0 Å². The molecule has 1 aliphatic heterocycles. The monoisotopic (exact) mass is 447 g/mol. The Hall–Kier alpha value is -2.15. The number of aliphatic hydroxyl groups is 1. The number of amides is 1. The quantitative estimate of drug-likeness (QED) is 0.656. The van der Waals surface area contributed by atoms with E-state index in [1.165, 1.54) is 4.90 Å². The summed E-state index contributed by atoms with van der Waals surface area (Å²) in [6.07, 6.45) is 0. The van der Waals surface area contributed by atoms with Crippen LogP contribution in [0.3, 0.4) is 0 Å². The standard InChI is InChI=1S/C20H15BrClNO4/c1-10-8-15-13(9-14(10)22)18(25)16-17(11-2-4-12(21)5-3-11)23(6-7-24)20(26)19(16)27-15/h2-5,8-9,17,24H,6-7H2,1H3. The summed E-state index contributed by atoms with van der Waals surface area (Å²) in [7, 11) is 0. The van der Waals surface area contributed by atoms with Gasteiger partial charge in [0.15, 0.2) is 5.43 Å². The average Bonchev–Trinajstić information content (AvgIpc) is 2.91. The minimum Gasteiger partial charge on any atom is -0.450 e. The Morgan fingerprint density at radius 3 is 2.59 bits per heavy atom.